The van der Waals surface area contributed by atoms with Gasteiger partial charge in [-0.2, -0.15) is 0 Å². The first-order chi connectivity index (χ1) is 7.86. The van der Waals surface area contributed by atoms with E-state index in [2.05, 4.69) is 4.98 Å². The van der Waals surface area contributed by atoms with Crippen LogP contribution in [-0.2, 0) is 6.42 Å². The van der Waals surface area contributed by atoms with E-state index in [9.17, 15) is 5.11 Å². The molecule has 1 N–H and O–H groups in total. The predicted octanol–water partition coefficient (Wildman–Crippen LogP) is 2.42. The Morgan fingerprint density at radius 1 is 1.25 bits per heavy atom. The monoisotopic (exact) mass is 217 g/mol. The van der Waals surface area contributed by atoms with Crippen LogP contribution in [0.25, 0.3) is 0 Å². The minimum absolute atomic E-state index is 0.164. The topological polar surface area (TPSA) is 33.1 Å². The molecule has 0 aliphatic heterocycles. The third-order valence-corrected chi connectivity index (χ3v) is 4.31. The zero-order chi connectivity index (χ0) is 11.0. The van der Waals surface area contributed by atoms with Crippen LogP contribution < -0.4 is 0 Å². The lowest BCUT2D eigenvalue weighted by Gasteiger charge is -2.09. The van der Waals surface area contributed by atoms with Gasteiger partial charge in [-0.3, -0.25) is 4.98 Å². The van der Waals surface area contributed by atoms with Crippen molar-refractivity contribution in [2.75, 3.05) is 0 Å². The van der Waals surface area contributed by atoms with E-state index in [4.69, 9.17) is 0 Å². The van der Waals surface area contributed by atoms with Crippen molar-refractivity contribution in [3.8, 4) is 0 Å². The van der Waals surface area contributed by atoms with E-state index in [-0.39, 0.29) is 6.10 Å². The van der Waals surface area contributed by atoms with Crippen molar-refractivity contribution in [1.82, 2.24) is 4.98 Å². The van der Waals surface area contributed by atoms with Crippen LogP contribution in [0.3, 0.4) is 0 Å². The molecule has 0 radical (unpaired) electrons. The maximum Gasteiger partial charge on any atom is 0.0629 e. The van der Waals surface area contributed by atoms with Gasteiger partial charge in [-0.05, 0) is 42.7 Å². The molecule has 0 saturated heterocycles. The summed E-state index contributed by atoms with van der Waals surface area (Å²) in [6.07, 6.45) is 7.80. The van der Waals surface area contributed by atoms with E-state index in [1.54, 1.807) is 0 Å². The number of pyridine rings is 1. The summed E-state index contributed by atoms with van der Waals surface area (Å²) in [4.78, 5) is 4.29. The smallest absolute Gasteiger partial charge is 0.0629 e. The molecule has 1 aromatic heterocycles. The molecule has 3 rings (SSSR count). The Labute approximate surface area is 96.7 Å². The second-order valence-electron chi connectivity index (χ2n) is 5.28. The lowest BCUT2D eigenvalue weighted by molar-refractivity contribution is 0.139. The number of aliphatic hydroxyl groups excluding tert-OH is 1. The molecule has 1 heterocycles. The van der Waals surface area contributed by atoms with Gasteiger partial charge in [-0.25, -0.2) is 0 Å². The zero-order valence-electron chi connectivity index (χ0n) is 9.55. The summed E-state index contributed by atoms with van der Waals surface area (Å²) in [7, 11) is 0. The summed E-state index contributed by atoms with van der Waals surface area (Å²) in [5.41, 5.74) is 1.03. The quantitative estimate of drug-likeness (QED) is 0.843. The minimum atomic E-state index is -0.164. The van der Waals surface area contributed by atoms with E-state index < -0.39 is 0 Å². The Hall–Kier alpha value is -0.890. The minimum Gasteiger partial charge on any atom is -0.392 e. The molecule has 3 atom stereocenters. The van der Waals surface area contributed by atoms with Gasteiger partial charge in [0.2, 0.25) is 0 Å². The SMILES string of the molecule is OC(Cc1ccccn1)C1C2CCCCC21. The number of rotatable bonds is 3. The standard InChI is InChI=1S/C14H19NO/c16-13(9-10-5-3-4-8-15-10)14-11-6-1-2-7-12(11)14/h3-5,8,11-14,16H,1-2,6-7,9H2. The molecule has 2 heteroatoms. The summed E-state index contributed by atoms with van der Waals surface area (Å²) in [6, 6.07) is 5.93. The summed E-state index contributed by atoms with van der Waals surface area (Å²) in [5, 5.41) is 10.2. The van der Waals surface area contributed by atoms with Crippen LogP contribution in [0.4, 0.5) is 0 Å². The van der Waals surface area contributed by atoms with Gasteiger partial charge < -0.3 is 5.11 Å². The van der Waals surface area contributed by atoms with E-state index in [1.165, 1.54) is 25.7 Å². The summed E-state index contributed by atoms with van der Waals surface area (Å²) >= 11 is 0. The number of fused-ring (bicyclic) bond motifs is 1. The Balaban J connectivity index is 1.60. The zero-order valence-corrected chi connectivity index (χ0v) is 9.55. The maximum absolute atomic E-state index is 10.2. The molecule has 2 aliphatic carbocycles. The van der Waals surface area contributed by atoms with Crippen LogP contribution in [0.2, 0.25) is 0 Å². The summed E-state index contributed by atoms with van der Waals surface area (Å²) < 4.78 is 0. The van der Waals surface area contributed by atoms with E-state index >= 15 is 0 Å². The molecular weight excluding hydrogens is 198 g/mol. The lowest BCUT2D eigenvalue weighted by Crippen LogP contribution is -2.15. The second-order valence-corrected chi connectivity index (χ2v) is 5.28. The first-order valence-corrected chi connectivity index (χ1v) is 6.44. The second kappa shape index (κ2) is 4.17. The van der Waals surface area contributed by atoms with Gasteiger partial charge in [-0.1, -0.05) is 18.9 Å². The molecule has 0 amide bonds. The molecule has 2 fully saturated rings. The summed E-state index contributed by atoms with van der Waals surface area (Å²) in [5.74, 6) is 2.23. The van der Waals surface area contributed by atoms with Crippen molar-refractivity contribution in [2.45, 2.75) is 38.2 Å². The molecule has 2 aliphatic rings. The highest BCUT2D eigenvalue weighted by Gasteiger charge is 2.53. The van der Waals surface area contributed by atoms with Crippen molar-refractivity contribution in [1.29, 1.82) is 0 Å². The van der Waals surface area contributed by atoms with Gasteiger partial charge in [0.05, 0.1) is 6.10 Å². The molecule has 2 nitrogen and oxygen atoms in total. The van der Waals surface area contributed by atoms with Gasteiger partial charge in [0, 0.05) is 18.3 Å². The van der Waals surface area contributed by atoms with Gasteiger partial charge in [0.25, 0.3) is 0 Å². The molecular formula is C14H19NO. The molecule has 0 spiro atoms. The van der Waals surface area contributed by atoms with E-state index in [0.29, 0.717) is 5.92 Å². The average molecular weight is 217 g/mol. The van der Waals surface area contributed by atoms with Gasteiger partial charge in [0.15, 0.2) is 0 Å². The maximum atomic E-state index is 10.2. The van der Waals surface area contributed by atoms with Crippen molar-refractivity contribution in [3.63, 3.8) is 0 Å². The Bertz CT molecular complexity index is 339. The highest BCUT2D eigenvalue weighted by molar-refractivity contribution is 5.09. The fourth-order valence-corrected chi connectivity index (χ4v) is 3.49. The molecule has 0 bridgehead atoms. The Kier molecular flexibility index (Phi) is 2.68. The molecule has 1 aromatic rings. The van der Waals surface area contributed by atoms with Crippen LogP contribution in [0.15, 0.2) is 24.4 Å². The first-order valence-electron chi connectivity index (χ1n) is 6.44. The van der Waals surface area contributed by atoms with Gasteiger partial charge >= 0.3 is 0 Å². The summed E-state index contributed by atoms with van der Waals surface area (Å²) in [6.45, 7) is 0. The van der Waals surface area contributed by atoms with Crippen LogP contribution in [-0.4, -0.2) is 16.2 Å². The van der Waals surface area contributed by atoms with Gasteiger partial charge in [-0.15, -0.1) is 0 Å². The van der Waals surface area contributed by atoms with Crippen LogP contribution in [0.1, 0.15) is 31.4 Å². The normalized spacial score (nSPS) is 34.2. The molecule has 0 aromatic carbocycles. The molecule has 16 heavy (non-hydrogen) atoms. The fraction of sp³-hybridized carbons (Fsp3) is 0.643. The third kappa shape index (κ3) is 1.86. The van der Waals surface area contributed by atoms with Crippen molar-refractivity contribution in [2.24, 2.45) is 17.8 Å². The average Bonchev–Trinajstić information content (AvgIpc) is 3.04. The fourth-order valence-electron chi connectivity index (χ4n) is 3.49. The van der Waals surface area contributed by atoms with Gasteiger partial charge in [0.1, 0.15) is 0 Å². The lowest BCUT2D eigenvalue weighted by atomic mass is 10.0. The number of hydrogen-bond acceptors (Lipinski definition) is 2. The van der Waals surface area contributed by atoms with Crippen LogP contribution >= 0.6 is 0 Å². The first kappa shape index (κ1) is 10.3. The number of aliphatic hydroxyl groups is 1. The molecule has 2 saturated carbocycles. The number of hydrogen-bond donors (Lipinski definition) is 1. The van der Waals surface area contributed by atoms with Crippen molar-refractivity contribution >= 4 is 0 Å². The number of aromatic nitrogens is 1. The number of nitrogens with zero attached hydrogens (tertiary/aromatic N) is 1. The molecule has 3 unspecified atom stereocenters. The van der Waals surface area contributed by atoms with Crippen molar-refractivity contribution in [3.05, 3.63) is 30.1 Å². The van der Waals surface area contributed by atoms with E-state index in [0.717, 1.165) is 24.0 Å². The Morgan fingerprint density at radius 3 is 2.62 bits per heavy atom. The largest absolute Gasteiger partial charge is 0.392 e. The predicted molar refractivity (Wildman–Crippen MR) is 62.9 cm³/mol. The molecule has 86 valence electrons. The van der Waals surface area contributed by atoms with E-state index in [1.807, 2.05) is 24.4 Å². The highest BCUT2D eigenvalue weighted by Crippen LogP contribution is 2.57. The van der Waals surface area contributed by atoms with Crippen LogP contribution in [0.5, 0.6) is 0 Å². The Morgan fingerprint density at radius 2 is 2.00 bits per heavy atom. The highest BCUT2D eigenvalue weighted by atomic mass is 16.3. The van der Waals surface area contributed by atoms with Crippen LogP contribution in [0, 0.1) is 17.8 Å². The third-order valence-electron chi connectivity index (χ3n) is 4.31. The van der Waals surface area contributed by atoms with Crippen molar-refractivity contribution < 1.29 is 5.11 Å².